The smallest absolute Gasteiger partial charge is 0.236 e. The van der Waals surface area contributed by atoms with Crippen LogP contribution in [0.1, 0.15) is 35.8 Å². The number of carbonyl (C=O) groups is 1. The first kappa shape index (κ1) is 20.3. The summed E-state index contributed by atoms with van der Waals surface area (Å²) in [5.74, 6) is 1.35. The quantitative estimate of drug-likeness (QED) is 0.643. The highest BCUT2D eigenvalue weighted by molar-refractivity contribution is 7.15. The Kier molecular flexibility index (Phi) is 5.33. The fraction of sp³-hybridized carbons (Fsp3) is 0.304. The molecule has 1 amide bonds. The predicted octanol–water partition coefficient (Wildman–Crippen LogP) is 5.24. The molecule has 0 radical (unpaired) electrons. The van der Waals surface area contributed by atoms with Gasteiger partial charge in [0.15, 0.2) is 16.6 Å². The average Bonchev–Trinajstić information content (AvgIpc) is 3.32. The molecule has 1 N–H and O–H groups in total. The molecule has 6 nitrogen and oxygen atoms in total. The second kappa shape index (κ2) is 8.15. The van der Waals surface area contributed by atoms with E-state index in [0.29, 0.717) is 23.1 Å². The minimum absolute atomic E-state index is 0.0520. The largest absolute Gasteiger partial charge is 0.454 e. The number of aromatic nitrogens is 1. The summed E-state index contributed by atoms with van der Waals surface area (Å²) in [4.78, 5) is 18.5. The molecule has 1 aromatic carbocycles. The zero-order valence-electron chi connectivity index (χ0n) is 16.9. The van der Waals surface area contributed by atoms with E-state index in [1.165, 1.54) is 11.3 Å². The summed E-state index contributed by atoms with van der Waals surface area (Å²) in [6.45, 7) is 0.216. The summed E-state index contributed by atoms with van der Waals surface area (Å²) in [5, 5.41) is 4.31. The second-order valence-corrected chi connectivity index (χ2v) is 9.25. The minimum atomic E-state index is -0.541. The van der Waals surface area contributed by atoms with Crippen LogP contribution in [0.15, 0.2) is 59.3 Å². The molecule has 0 bridgehead atoms. The molecule has 1 aliphatic heterocycles. The Hall–Kier alpha value is -2.61. The van der Waals surface area contributed by atoms with Crippen LogP contribution in [-0.4, -0.2) is 24.8 Å². The van der Waals surface area contributed by atoms with Gasteiger partial charge in [0.25, 0.3) is 0 Å². The van der Waals surface area contributed by atoms with Crippen molar-refractivity contribution in [3.63, 3.8) is 0 Å². The number of nitrogens with zero attached hydrogens (tertiary/aromatic N) is 1. The normalized spacial score (nSPS) is 19.3. The first-order valence-corrected chi connectivity index (χ1v) is 11.2. The summed E-state index contributed by atoms with van der Waals surface area (Å²) in [6.07, 6.45) is 11.4. The molecule has 2 aromatic rings. The molecular weight excluding hydrogens is 436 g/mol. The van der Waals surface area contributed by atoms with Crippen LogP contribution in [-0.2, 0) is 14.9 Å². The van der Waals surface area contributed by atoms with Gasteiger partial charge in [0.2, 0.25) is 12.7 Å². The van der Waals surface area contributed by atoms with E-state index in [9.17, 15) is 4.79 Å². The molecule has 2 aliphatic carbocycles. The average molecular weight is 457 g/mol. The number of allylic oxidation sites excluding steroid dienone is 5. The summed E-state index contributed by atoms with van der Waals surface area (Å²) >= 11 is 7.67. The molecule has 8 heteroatoms. The highest BCUT2D eigenvalue weighted by Gasteiger charge is 2.52. The highest BCUT2D eigenvalue weighted by atomic mass is 35.5. The van der Waals surface area contributed by atoms with Gasteiger partial charge in [-0.25, -0.2) is 4.98 Å². The van der Waals surface area contributed by atoms with Gasteiger partial charge in [-0.05, 0) is 42.2 Å². The van der Waals surface area contributed by atoms with Gasteiger partial charge in [0.05, 0.1) is 10.3 Å². The zero-order valence-corrected chi connectivity index (χ0v) is 18.5. The number of halogens is 1. The molecular formula is C23H21ClN2O4S. The van der Waals surface area contributed by atoms with Crippen LogP contribution in [0.5, 0.6) is 11.5 Å². The van der Waals surface area contributed by atoms with E-state index < -0.39 is 5.41 Å². The Bertz CT molecular complexity index is 1120. The molecule has 1 saturated carbocycles. The fourth-order valence-corrected chi connectivity index (χ4v) is 5.09. The maximum atomic E-state index is 13.1. The molecule has 1 unspecified atom stereocenters. The lowest BCUT2D eigenvalue weighted by atomic mass is 9.94. The van der Waals surface area contributed by atoms with Gasteiger partial charge in [0.1, 0.15) is 6.10 Å². The summed E-state index contributed by atoms with van der Waals surface area (Å²) in [5.41, 5.74) is 1.44. The number of rotatable bonds is 6. The maximum Gasteiger partial charge on any atom is 0.236 e. The van der Waals surface area contributed by atoms with Crippen LogP contribution in [0.3, 0.4) is 0 Å². The summed E-state index contributed by atoms with van der Waals surface area (Å²) < 4.78 is 16.6. The predicted molar refractivity (Wildman–Crippen MR) is 120 cm³/mol. The Morgan fingerprint density at radius 1 is 1.26 bits per heavy atom. The number of ether oxygens (including phenoxy) is 3. The van der Waals surface area contributed by atoms with Crippen LogP contribution in [0.25, 0.3) is 0 Å². The van der Waals surface area contributed by atoms with Crippen molar-refractivity contribution in [2.45, 2.75) is 30.8 Å². The molecule has 3 aliphatic rings. The van der Waals surface area contributed by atoms with Gasteiger partial charge < -0.3 is 19.5 Å². The van der Waals surface area contributed by atoms with Crippen LogP contribution < -0.4 is 14.8 Å². The van der Waals surface area contributed by atoms with Crippen LogP contribution in [0.2, 0.25) is 0 Å². The Labute approximate surface area is 189 Å². The van der Waals surface area contributed by atoms with Crippen molar-refractivity contribution in [3.8, 4) is 11.5 Å². The Morgan fingerprint density at radius 2 is 2.06 bits per heavy atom. The molecule has 2 heterocycles. The van der Waals surface area contributed by atoms with E-state index in [0.717, 1.165) is 33.9 Å². The fourth-order valence-electron chi connectivity index (χ4n) is 3.93. The third kappa shape index (κ3) is 3.89. The first-order chi connectivity index (χ1) is 15.1. The van der Waals surface area contributed by atoms with E-state index in [-0.39, 0.29) is 18.8 Å². The van der Waals surface area contributed by atoms with E-state index in [1.807, 2.05) is 42.5 Å². The second-order valence-electron chi connectivity index (χ2n) is 7.70. The monoisotopic (exact) mass is 456 g/mol. The van der Waals surface area contributed by atoms with Crippen molar-refractivity contribution in [2.75, 3.05) is 19.2 Å². The molecule has 0 saturated heterocycles. The lowest BCUT2D eigenvalue weighted by Gasteiger charge is -2.17. The van der Waals surface area contributed by atoms with Crippen molar-refractivity contribution in [1.29, 1.82) is 0 Å². The number of nitrogens with one attached hydrogen (secondary N) is 1. The summed E-state index contributed by atoms with van der Waals surface area (Å²) in [7, 11) is 1.66. The zero-order chi connectivity index (χ0) is 21.4. The van der Waals surface area contributed by atoms with Crippen molar-refractivity contribution in [1.82, 2.24) is 4.98 Å². The number of carbonyl (C=O) groups excluding carboxylic acids is 1. The maximum absolute atomic E-state index is 13.1. The number of anilines is 1. The van der Waals surface area contributed by atoms with Crippen molar-refractivity contribution in [3.05, 3.63) is 69.7 Å². The van der Waals surface area contributed by atoms with Gasteiger partial charge in [-0.15, -0.1) is 0 Å². The van der Waals surface area contributed by atoms with E-state index in [2.05, 4.69) is 10.3 Å². The molecule has 1 fully saturated rings. The Morgan fingerprint density at radius 3 is 2.87 bits per heavy atom. The minimum Gasteiger partial charge on any atom is -0.454 e. The SMILES string of the molecule is COC(C1=CC=CC=C(Cl)C1)c1cnc(NC(=O)C2(c3ccc4c(c3)OCO4)CC2)s1. The number of methoxy groups -OCH3 is 1. The van der Waals surface area contributed by atoms with Crippen LogP contribution in [0.4, 0.5) is 5.13 Å². The number of hydrogen-bond acceptors (Lipinski definition) is 6. The third-order valence-corrected chi connectivity index (χ3v) is 6.97. The van der Waals surface area contributed by atoms with Gasteiger partial charge in [0, 0.05) is 24.8 Å². The molecule has 1 atom stereocenters. The van der Waals surface area contributed by atoms with Crippen LogP contribution >= 0.6 is 22.9 Å². The molecule has 160 valence electrons. The number of amides is 1. The first-order valence-electron chi connectivity index (χ1n) is 10.0. The molecule has 0 spiro atoms. The number of hydrogen-bond donors (Lipinski definition) is 1. The molecule has 31 heavy (non-hydrogen) atoms. The number of thiazole rings is 1. The highest BCUT2D eigenvalue weighted by Crippen LogP contribution is 2.51. The lowest BCUT2D eigenvalue weighted by molar-refractivity contribution is -0.118. The van der Waals surface area contributed by atoms with Gasteiger partial charge in [-0.2, -0.15) is 0 Å². The third-order valence-electron chi connectivity index (χ3n) is 5.76. The van der Waals surface area contributed by atoms with Gasteiger partial charge in [-0.1, -0.05) is 47.2 Å². The lowest BCUT2D eigenvalue weighted by Crippen LogP contribution is -2.27. The van der Waals surface area contributed by atoms with E-state index in [4.69, 9.17) is 25.8 Å². The van der Waals surface area contributed by atoms with Gasteiger partial charge >= 0.3 is 0 Å². The Balaban J connectivity index is 1.32. The van der Waals surface area contributed by atoms with Crippen LogP contribution in [0, 0.1) is 0 Å². The molecule has 5 rings (SSSR count). The topological polar surface area (TPSA) is 69.7 Å². The van der Waals surface area contributed by atoms with Gasteiger partial charge in [-0.3, -0.25) is 4.79 Å². The molecule has 1 aromatic heterocycles. The van der Waals surface area contributed by atoms with Crippen molar-refractivity contribution >= 4 is 34.0 Å². The number of benzene rings is 1. The van der Waals surface area contributed by atoms with E-state index in [1.54, 1.807) is 13.3 Å². The standard InChI is InChI=1S/C23H21ClN2O4S/c1-28-20(14-4-2-3-5-16(24)10-14)19-12-25-22(31-19)26-21(27)23(8-9-23)15-6-7-17-18(11-15)30-13-29-17/h2-7,11-12,20H,8-10,13H2,1H3,(H,25,26,27). The number of fused-ring (bicyclic) bond motifs is 1. The van der Waals surface area contributed by atoms with Crippen molar-refractivity contribution < 1.29 is 19.0 Å². The summed E-state index contributed by atoms with van der Waals surface area (Å²) in [6, 6.07) is 5.72. The van der Waals surface area contributed by atoms with E-state index >= 15 is 0 Å². The van der Waals surface area contributed by atoms with Crippen molar-refractivity contribution in [2.24, 2.45) is 0 Å².